The van der Waals surface area contributed by atoms with Crippen molar-refractivity contribution in [2.75, 3.05) is 39.8 Å². The van der Waals surface area contributed by atoms with Gasteiger partial charge in [-0.1, -0.05) is 18.6 Å². The molecular weight excluding hydrogens is 322 g/mol. The van der Waals surface area contributed by atoms with Gasteiger partial charge in [0.25, 0.3) is 0 Å². The van der Waals surface area contributed by atoms with Crippen LogP contribution in [0.3, 0.4) is 0 Å². The number of ether oxygens (including phenoxy) is 1. The summed E-state index contributed by atoms with van der Waals surface area (Å²) in [5, 5.41) is 3.91. The van der Waals surface area contributed by atoms with E-state index in [9.17, 15) is 0 Å². The Morgan fingerprint density at radius 3 is 2.19 bits per heavy atom. The van der Waals surface area contributed by atoms with E-state index in [4.69, 9.17) is 4.74 Å². The zero-order chi connectivity index (χ0) is 18.4. The average Bonchev–Trinajstić information content (AvgIpc) is 2.70. The van der Waals surface area contributed by atoms with Crippen LogP contribution in [0, 0.1) is 0 Å². The van der Waals surface area contributed by atoms with Crippen LogP contribution in [-0.4, -0.2) is 61.7 Å². The molecule has 0 spiro atoms. The van der Waals surface area contributed by atoms with E-state index < -0.39 is 0 Å². The number of hydrogen-bond donors (Lipinski definition) is 1. The van der Waals surface area contributed by atoms with Gasteiger partial charge in [-0.15, -0.1) is 0 Å². The second kappa shape index (κ2) is 9.72. The number of hydrogen-bond acceptors (Lipinski definition) is 4. The molecule has 0 aromatic heterocycles. The van der Waals surface area contributed by atoms with Gasteiger partial charge in [-0.25, -0.2) is 0 Å². The van der Waals surface area contributed by atoms with Crippen molar-refractivity contribution >= 4 is 0 Å². The van der Waals surface area contributed by atoms with E-state index in [1.54, 1.807) is 7.11 Å². The summed E-state index contributed by atoms with van der Waals surface area (Å²) in [4.78, 5) is 5.28. The zero-order valence-corrected chi connectivity index (χ0v) is 16.9. The molecule has 2 fully saturated rings. The highest BCUT2D eigenvalue weighted by Crippen LogP contribution is 2.26. The lowest BCUT2D eigenvalue weighted by atomic mass is 9.99. The standard InChI is InChI=1S/C22H37N3O/c1-18(2)24-15-11-20(12-16-24)23-17-22(25-13-5-4-6-14-25)19-7-9-21(26-3)10-8-19/h7-10,18,20,22-23H,4-6,11-17H2,1-3H3. The molecular formula is C22H37N3O. The third kappa shape index (κ3) is 5.21. The minimum atomic E-state index is 0.476. The van der Waals surface area contributed by atoms with Crippen molar-refractivity contribution in [2.45, 2.75) is 64.1 Å². The Morgan fingerprint density at radius 2 is 1.62 bits per heavy atom. The van der Waals surface area contributed by atoms with E-state index in [1.165, 1.54) is 63.8 Å². The largest absolute Gasteiger partial charge is 0.497 e. The highest BCUT2D eigenvalue weighted by molar-refractivity contribution is 5.29. The number of methoxy groups -OCH3 is 1. The molecule has 4 nitrogen and oxygen atoms in total. The van der Waals surface area contributed by atoms with E-state index in [2.05, 4.69) is 53.2 Å². The van der Waals surface area contributed by atoms with Gasteiger partial charge in [-0.3, -0.25) is 4.90 Å². The molecule has 3 rings (SSSR count). The first-order valence-corrected chi connectivity index (χ1v) is 10.5. The highest BCUT2D eigenvalue weighted by Gasteiger charge is 2.25. The molecule has 4 heteroatoms. The fourth-order valence-corrected chi connectivity index (χ4v) is 4.41. The van der Waals surface area contributed by atoms with Crippen molar-refractivity contribution in [3.05, 3.63) is 29.8 Å². The Morgan fingerprint density at radius 1 is 0.962 bits per heavy atom. The summed E-state index contributed by atoms with van der Waals surface area (Å²) < 4.78 is 5.34. The molecule has 1 aromatic carbocycles. The van der Waals surface area contributed by atoms with Crippen molar-refractivity contribution in [3.8, 4) is 5.75 Å². The molecule has 0 amide bonds. The number of rotatable bonds is 7. The lowest BCUT2D eigenvalue weighted by Crippen LogP contribution is -2.47. The second-order valence-electron chi connectivity index (χ2n) is 8.20. The molecule has 146 valence electrons. The van der Waals surface area contributed by atoms with E-state index in [1.807, 2.05) is 0 Å². The van der Waals surface area contributed by atoms with Gasteiger partial charge in [-0.2, -0.15) is 0 Å². The average molecular weight is 360 g/mol. The Balaban J connectivity index is 1.60. The van der Waals surface area contributed by atoms with E-state index in [-0.39, 0.29) is 0 Å². The number of piperidine rings is 2. The Hall–Kier alpha value is -1.10. The first-order valence-electron chi connectivity index (χ1n) is 10.5. The predicted octanol–water partition coefficient (Wildman–Crippen LogP) is 3.68. The van der Waals surface area contributed by atoms with Crippen LogP contribution in [0.5, 0.6) is 5.75 Å². The molecule has 26 heavy (non-hydrogen) atoms. The zero-order valence-electron chi connectivity index (χ0n) is 16.9. The van der Waals surface area contributed by atoms with Crippen molar-refractivity contribution in [3.63, 3.8) is 0 Å². The fraction of sp³-hybridized carbons (Fsp3) is 0.727. The first-order chi connectivity index (χ1) is 12.7. The Kier molecular flexibility index (Phi) is 7.35. The fourth-order valence-electron chi connectivity index (χ4n) is 4.41. The molecule has 2 aliphatic heterocycles. The summed E-state index contributed by atoms with van der Waals surface area (Å²) in [7, 11) is 1.74. The lowest BCUT2D eigenvalue weighted by molar-refractivity contribution is 0.137. The molecule has 1 aromatic rings. The summed E-state index contributed by atoms with van der Waals surface area (Å²) in [5.41, 5.74) is 1.42. The number of benzene rings is 1. The molecule has 2 saturated heterocycles. The van der Waals surface area contributed by atoms with E-state index >= 15 is 0 Å². The smallest absolute Gasteiger partial charge is 0.118 e. The number of nitrogens with one attached hydrogen (secondary N) is 1. The van der Waals surface area contributed by atoms with Crippen LogP contribution in [0.2, 0.25) is 0 Å². The van der Waals surface area contributed by atoms with Gasteiger partial charge >= 0.3 is 0 Å². The van der Waals surface area contributed by atoms with Crippen LogP contribution >= 0.6 is 0 Å². The second-order valence-corrected chi connectivity index (χ2v) is 8.20. The normalized spacial score (nSPS) is 21.8. The van der Waals surface area contributed by atoms with Crippen molar-refractivity contribution < 1.29 is 4.74 Å². The highest BCUT2D eigenvalue weighted by atomic mass is 16.5. The van der Waals surface area contributed by atoms with Gasteiger partial charge in [0, 0.05) is 24.7 Å². The maximum atomic E-state index is 5.34. The van der Waals surface area contributed by atoms with Crippen LogP contribution in [0.1, 0.15) is 57.6 Å². The summed E-state index contributed by atoms with van der Waals surface area (Å²) in [5.74, 6) is 0.945. The predicted molar refractivity (Wildman–Crippen MR) is 109 cm³/mol. The minimum absolute atomic E-state index is 0.476. The minimum Gasteiger partial charge on any atom is -0.497 e. The van der Waals surface area contributed by atoms with E-state index in [0.29, 0.717) is 18.1 Å². The molecule has 1 N–H and O–H groups in total. The van der Waals surface area contributed by atoms with Gasteiger partial charge in [0.15, 0.2) is 0 Å². The van der Waals surface area contributed by atoms with Crippen molar-refractivity contribution in [1.82, 2.24) is 15.1 Å². The van der Waals surface area contributed by atoms with Crippen LogP contribution in [0.25, 0.3) is 0 Å². The molecule has 0 bridgehead atoms. The Bertz CT molecular complexity index is 517. The SMILES string of the molecule is COc1ccc(C(CNC2CCN(C(C)C)CC2)N2CCCCC2)cc1. The summed E-state index contributed by atoms with van der Waals surface area (Å²) >= 11 is 0. The van der Waals surface area contributed by atoms with Gasteiger partial charge < -0.3 is 15.0 Å². The first kappa shape index (κ1) is 19.7. The molecule has 2 heterocycles. The molecule has 1 unspecified atom stereocenters. The third-order valence-corrected chi connectivity index (χ3v) is 6.19. The van der Waals surface area contributed by atoms with Gasteiger partial charge in [0.05, 0.1) is 7.11 Å². The van der Waals surface area contributed by atoms with Crippen LogP contribution in [0.15, 0.2) is 24.3 Å². The van der Waals surface area contributed by atoms with Crippen LogP contribution in [-0.2, 0) is 0 Å². The van der Waals surface area contributed by atoms with Crippen molar-refractivity contribution in [1.29, 1.82) is 0 Å². The maximum Gasteiger partial charge on any atom is 0.118 e. The third-order valence-electron chi connectivity index (χ3n) is 6.19. The van der Waals surface area contributed by atoms with Crippen molar-refractivity contribution in [2.24, 2.45) is 0 Å². The molecule has 0 radical (unpaired) electrons. The molecule has 1 atom stereocenters. The lowest BCUT2D eigenvalue weighted by Gasteiger charge is -2.38. The van der Waals surface area contributed by atoms with Gasteiger partial charge in [-0.05, 0) is 83.4 Å². The number of nitrogens with zero attached hydrogens (tertiary/aromatic N) is 2. The number of likely N-dealkylation sites (tertiary alicyclic amines) is 2. The van der Waals surface area contributed by atoms with E-state index in [0.717, 1.165) is 12.3 Å². The summed E-state index contributed by atoms with van der Waals surface area (Å²) in [6.45, 7) is 10.6. The maximum absolute atomic E-state index is 5.34. The van der Waals surface area contributed by atoms with Crippen LogP contribution < -0.4 is 10.1 Å². The van der Waals surface area contributed by atoms with Gasteiger partial charge in [0.2, 0.25) is 0 Å². The molecule has 0 aliphatic carbocycles. The monoisotopic (exact) mass is 359 g/mol. The molecule has 2 aliphatic rings. The topological polar surface area (TPSA) is 27.7 Å². The quantitative estimate of drug-likeness (QED) is 0.804. The summed E-state index contributed by atoms with van der Waals surface area (Å²) in [6.07, 6.45) is 6.59. The Labute approximate surface area is 159 Å². The molecule has 0 saturated carbocycles. The van der Waals surface area contributed by atoms with Gasteiger partial charge in [0.1, 0.15) is 5.75 Å². The summed E-state index contributed by atoms with van der Waals surface area (Å²) in [6, 6.07) is 10.5. The van der Waals surface area contributed by atoms with Crippen LogP contribution in [0.4, 0.5) is 0 Å².